The van der Waals surface area contributed by atoms with Gasteiger partial charge in [-0.05, 0) is 0 Å². The molecule has 5 nitrogen and oxygen atoms in total. The van der Waals surface area contributed by atoms with Gasteiger partial charge in [-0.25, -0.2) is 0 Å². The third kappa shape index (κ3) is 5.67. The van der Waals surface area contributed by atoms with Crippen LogP contribution >= 0.6 is 0 Å². The van der Waals surface area contributed by atoms with Crippen molar-refractivity contribution in [2.75, 3.05) is 13.2 Å². The monoisotopic (exact) mass is 137 g/mol. The summed E-state index contributed by atoms with van der Waals surface area (Å²) in [4.78, 5) is 0. The van der Waals surface area contributed by atoms with Gasteiger partial charge in [0, 0.05) is 0 Å². The number of aliphatic hydroxyl groups excluding tert-OH is 3. The van der Waals surface area contributed by atoms with Gasteiger partial charge in [-0.2, -0.15) is 0 Å². The summed E-state index contributed by atoms with van der Waals surface area (Å²) in [5, 5.41) is 25.0. The fraction of sp³-hybridized carbons (Fsp3) is 1.00. The minimum Gasteiger partial charge on any atom is -0.391 e. The van der Waals surface area contributed by atoms with E-state index in [9.17, 15) is 0 Å². The lowest BCUT2D eigenvalue weighted by Gasteiger charge is -2.09. The van der Waals surface area contributed by atoms with Crippen LogP contribution in [0.1, 0.15) is 0 Å². The molecular formula is C4H11NO4. The SMILES string of the molecule is NC(O)COC(O)CO. The molecule has 0 heterocycles. The van der Waals surface area contributed by atoms with Gasteiger partial charge in [-0.3, -0.25) is 0 Å². The number of rotatable bonds is 4. The summed E-state index contributed by atoms with van der Waals surface area (Å²) < 4.78 is 4.38. The average molecular weight is 137 g/mol. The molecule has 0 saturated heterocycles. The Morgan fingerprint density at radius 3 is 2.33 bits per heavy atom. The van der Waals surface area contributed by atoms with Gasteiger partial charge in [0.25, 0.3) is 0 Å². The van der Waals surface area contributed by atoms with Gasteiger partial charge in [0.15, 0.2) is 6.29 Å². The molecule has 0 aromatic carbocycles. The maximum Gasteiger partial charge on any atom is 0.178 e. The summed E-state index contributed by atoms with van der Waals surface area (Å²) in [6.45, 7) is -0.672. The van der Waals surface area contributed by atoms with Crippen LogP contribution in [0.2, 0.25) is 0 Å². The van der Waals surface area contributed by atoms with Gasteiger partial charge in [-0.1, -0.05) is 0 Å². The normalized spacial score (nSPS) is 17.3. The molecule has 0 radical (unpaired) electrons. The summed E-state index contributed by atoms with van der Waals surface area (Å²) >= 11 is 0. The Balaban J connectivity index is 3.06. The van der Waals surface area contributed by atoms with Crippen molar-refractivity contribution >= 4 is 0 Å². The van der Waals surface area contributed by atoms with Gasteiger partial charge in [0.05, 0.1) is 13.2 Å². The van der Waals surface area contributed by atoms with Crippen LogP contribution in [0, 0.1) is 0 Å². The van der Waals surface area contributed by atoms with Crippen LogP contribution < -0.4 is 5.73 Å². The summed E-state index contributed by atoms with van der Waals surface area (Å²) in [5.41, 5.74) is 4.83. The third-order valence-electron chi connectivity index (χ3n) is 0.616. The zero-order chi connectivity index (χ0) is 7.28. The zero-order valence-electron chi connectivity index (χ0n) is 4.90. The molecule has 2 unspecified atom stereocenters. The molecule has 0 aromatic rings. The van der Waals surface area contributed by atoms with Crippen molar-refractivity contribution in [2.45, 2.75) is 12.5 Å². The van der Waals surface area contributed by atoms with Gasteiger partial charge in [0.1, 0.15) is 6.23 Å². The fourth-order valence-corrected chi connectivity index (χ4v) is 0.262. The fourth-order valence-electron chi connectivity index (χ4n) is 0.262. The van der Waals surface area contributed by atoms with Crippen molar-refractivity contribution < 1.29 is 20.1 Å². The molecule has 2 atom stereocenters. The Morgan fingerprint density at radius 1 is 1.44 bits per heavy atom. The average Bonchev–Trinajstić information content (AvgIpc) is 1.83. The van der Waals surface area contributed by atoms with Crippen molar-refractivity contribution in [1.29, 1.82) is 0 Å². The second-order valence-corrected chi connectivity index (χ2v) is 1.54. The van der Waals surface area contributed by atoms with Crippen molar-refractivity contribution in [3.63, 3.8) is 0 Å². The summed E-state index contributed by atoms with van der Waals surface area (Å²) in [6, 6.07) is 0. The first-order valence-corrected chi connectivity index (χ1v) is 2.51. The minimum absolute atomic E-state index is 0.179. The standard InChI is InChI=1S/C4H11NO4/c5-3(7)2-9-4(8)1-6/h3-4,6-8H,1-2,5H2. The molecule has 56 valence electrons. The van der Waals surface area contributed by atoms with Crippen molar-refractivity contribution in [3.8, 4) is 0 Å². The number of hydrogen-bond acceptors (Lipinski definition) is 5. The molecule has 0 aliphatic rings. The lowest BCUT2D eigenvalue weighted by Crippen LogP contribution is -2.29. The maximum absolute atomic E-state index is 8.47. The molecule has 0 spiro atoms. The van der Waals surface area contributed by atoms with E-state index in [4.69, 9.17) is 21.1 Å². The lowest BCUT2D eigenvalue weighted by atomic mass is 10.6. The van der Waals surface area contributed by atoms with Gasteiger partial charge >= 0.3 is 0 Å². The molecule has 0 aliphatic heterocycles. The molecule has 5 heteroatoms. The third-order valence-corrected chi connectivity index (χ3v) is 0.616. The second kappa shape index (κ2) is 4.66. The molecule has 9 heavy (non-hydrogen) atoms. The van der Waals surface area contributed by atoms with Crippen LogP contribution in [0.3, 0.4) is 0 Å². The molecular weight excluding hydrogens is 126 g/mol. The Bertz CT molecular complexity index is 67.6. The van der Waals surface area contributed by atoms with E-state index in [1.807, 2.05) is 0 Å². The van der Waals surface area contributed by atoms with Crippen LogP contribution in [0.25, 0.3) is 0 Å². The highest BCUT2D eigenvalue weighted by molar-refractivity contribution is 4.40. The van der Waals surface area contributed by atoms with Gasteiger partial charge in [0.2, 0.25) is 0 Å². The molecule has 5 N–H and O–H groups in total. The second-order valence-electron chi connectivity index (χ2n) is 1.54. The largest absolute Gasteiger partial charge is 0.391 e. The predicted octanol–water partition coefficient (Wildman–Crippen LogP) is -2.41. The molecule has 0 amide bonds. The van der Waals surface area contributed by atoms with Gasteiger partial charge < -0.3 is 25.8 Å². The molecule has 0 rings (SSSR count). The molecule has 0 aromatic heterocycles. The van der Waals surface area contributed by atoms with E-state index >= 15 is 0 Å². The smallest absolute Gasteiger partial charge is 0.178 e. The zero-order valence-corrected chi connectivity index (χ0v) is 4.90. The topological polar surface area (TPSA) is 95.9 Å². The number of ether oxygens (including phenoxy) is 1. The molecule has 0 aliphatic carbocycles. The highest BCUT2D eigenvalue weighted by Gasteiger charge is 2.02. The minimum atomic E-state index is -1.25. The Labute approximate surface area is 52.7 Å². The van der Waals surface area contributed by atoms with E-state index < -0.39 is 19.1 Å². The van der Waals surface area contributed by atoms with Crippen LogP contribution in [-0.2, 0) is 4.74 Å². The van der Waals surface area contributed by atoms with E-state index in [2.05, 4.69) is 4.74 Å². The first-order valence-electron chi connectivity index (χ1n) is 2.51. The van der Waals surface area contributed by atoms with Crippen LogP contribution in [0.15, 0.2) is 0 Å². The van der Waals surface area contributed by atoms with E-state index in [0.29, 0.717) is 0 Å². The van der Waals surface area contributed by atoms with Gasteiger partial charge in [-0.15, -0.1) is 0 Å². The van der Waals surface area contributed by atoms with Crippen LogP contribution in [-0.4, -0.2) is 41.1 Å². The molecule has 0 bridgehead atoms. The summed E-state index contributed by atoms with van der Waals surface area (Å²) in [5.74, 6) is 0. The Hall–Kier alpha value is -0.200. The number of aliphatic hydroxyl groups is 3. The van der Waals surface area contributed by atoms with E-state index in [-0.39, 0.29) is 6.61 Å². The van der Waals surface area contributed by atoms with E-state index in [0.717, 1.165) is 0 Å². The lowest BCUT2D eigenvalue weighted by molar-refractivity contribution is -0.141. The maximum atomic E-state index is 8.47. The predicted molar refractivity (Wildman–Crippen MR) is 29.2 cm³/mol. The quantitative estimate of drug-likeness (QED) is 0.324. The first kappa shape index (κ1) is 8.80. The van der Waals surface area contributed by atoms with Crippen LogP contribution in [0.4, 0.5) is 0 Å². The Morgan fingerprint density at radius 2 is 2.00 bits per heavy atom. The highest BCUT2D eigenvalue weighted by Crippen LogP contribution is 1.84. The summed E-state index contributed by atoms with van der Waals surface area (Å²) in [7, 11) is 0. The Kier molecular flexibility index (Phi) is 4.55. The number of hydrogen-bond donors (Lipinski definition) is 4. The van der Waals surface area contributed by atoms with E-state index in [1.165, 1.54) is 0 Å². The molecule has 0 fully saturated rings. The number of nitrogens with two attached hydrogens (primary N) is 1. The van der Waals surface area contributed by atoms with Crippen molar-refractivity contribution in [3.05, 3.63) is 0 Å². The summed E-state index contributed by atoms with van der Waals surface area (Å²) in [6.07, 6.45) is -2.35. The van der Waals surface area contributed by atoms with Crippen LogP contribution in [0.5, 0.6) is 0 Å². The first-order chi connectivity index (χ1) is 4.16. The van der Waals surface area contributed by atoms with Crippen molar-refractivity contribution in [1.82, 2.24) is 0 Å². The highest BCUT2D eigenvalue weighted by atomic mass is 16.6. The van der Waals surface area contributed by atoms with Crippen molar-refractivity contribution in [2.24, 2.45) is 5.73 Å². The molecule has 0 saturated carbocycles. The van der Waals surface area contributed by atoms with E-state index in [1.54, 1.807) is 0 Å².